The number of amides is 2. The minimum Gasteiger partial charge on any atom is -0.477 e. The number of ether oxygens (including phenoxy) is 1. The molecule has 5 heteroatoms. The molecule has 0 aromatic heterocycles. The van der Waals surface area contributed by atoms with Gasteiger partial charge in [0.05, 0.1) is 12.2 Å². The number of benzene rings is 2. The first-order chi connectivity index (χ1) is 13.0. The largest absolute Gasteiger partial charge is 0.477 e. The van der Waals surface area contributed by atoms with E-state index < -0.39 is 6.10 Å². The van der Waals surface area contributed by atoms with Gasteiger partial charge in [-0.05, 0) is 42.2 Å². The Morgan fingerprint density at radius 2 is 1.85 bits per heavy atom. The van der Waals surface area contributed by atoms with Crippen molar-refractivity contribution in [3.05, 3.63) is 59.7 Å². The fraction of sp³-hybridized carbons (Fsp3) is 0.364. The predicted octanol–water partition coefficient (Wildman–Crippen LogP) is 3.74. The molecular formula is C22H26N2O3. The molecule has 0 saturated heterocycles. The van der Waals surface area contributed by atoms with Crippen molar-refractivity contribution >= 4 is 17.5 Å². The van der Waals surface area contributed by atoms with Gasteiger partial charge in [-0.25, -0.2) is 0 Å². The zero-order valence-electron chi connectivity index (χ0n) is 16.1. The summed E-state index contributed by atoms with van der Waals surface area (Å²) in [6.07, 6.45) is 0.130. The first kappa shape index (κ1) is 19.0. The number of hydrogen-bond donors (Lipinski definition) is 1. The Bertz CT molecular complexity index is 815. The highest BCUT2D eigenvalue weighted by molar-refractivity contribution is 6.07. The number of nitrogens with one attached hydrogen (secondary N) is 1. The number of nitrogens with zero attached hydrogens (tertiary/aromatic N) is 1. The van der Waals surface area contributed by atoms with Gasteiger partial charge < -0.3 is 15.0 Å². The molecule has 0 radical (unpaired) electrons. The molecular weight excluding hydrogens is 340 g/mol. The molecule has 1 heterocycles. The highest BCUT2D eigenvalue weighted by Crippen LogP contribution is 2.34. The van der Waals surface area contributed by atoms with Crippen molar-refractivity contribution in [1.29, 1.82) is 0 Å². The summed E-state index contributed by atoms with van der Waals surface area (Å²) < 4.78 is 5.85. The lowest BCUT2D eigenvalue weighted by atomic mass is 10.0. The van der Waals surface area contributed by atoms with Gasteiger partial charge in [-0.2, -0.15) is 0 Å². The summed E-state index contributed by atoms with van der Waals surface area (Å²) in [5.74, 6) is 0.631. The van der Waals surface area contributed by atoms with Crippen molar-refractivity contribution in [1.82, 2.24) is 5.32 Å². The molecule has 0 fully saturated rings. The van der Waals surface area contributed by atoms with Gasteiger partial charge in [0, 0.05) is 12.1 Å². The number of rotatable bonds is 5. The van der Waals surface area contributed by atoms with Gasteiger partial charge in [-0.3, -0.25) is 9.59 Å². The van der Waals surface area contributed by atoms with Gasteiger partial charge in [0.25, 0.3) is 11.8 Å². The number of anilines is 1. The number of hydrogen-bond acceptors (Lipinski definition) is 3. The molecule has 27 heavy (non-hydrogen) atoms. The monoisotopic (exact) mass is 366 g/mol. The van der Waals surface area contributed by atoms with Gasteiger partial charge in [0.2, 0.25) is 0 Å². The zero-order valence-corrected chi connectivity index (χ0v) is 16.1. The van der Waals surface area contributed by atoms with Crippen LogP contribution in [0.3, 0.4) is 0 Å². The Morgan fingerprint density at radius 1 is 1.15 bits per heavy atom. The molecule has 0 aliphatic carbocycles. The molecule has 1 aliphatic rings. The summed E-state index contributed by atoms with van der Waals surface area (Å²) >= 11 is 0. The topological polar surface area (TPSA) is 58.6 Å². The third kappa shape index (κ3) is 4.13. The van der Waals surface area contributed by atoms with Gasteiger partial charge in [0.15, 0.2) is 6.10 Å². The van der Waals surface area contributed by atoms with E-state index >= 15 is 0 Å². The van der Waals surface area contributed by atoms with E-state index in [0.29, 0.717) is 29.5 Å². The number of carbonyl (C=O) groups is 2. The van der Waals surface area contributed by atoms with Crippen molar-refractivity contribution in [3.63, 3.8) is 0 Å². The van der Waals surface area contributed by atoms with Crippen LogP contribution in [0.1, 0.15) is 49.0 Å². The Kier molecular flexibility index (Phi) is 5.79. The van der Waals surface area contributed by atoms with Crippen LogP contribution in [0, 0.1) is 0 Å². The first-order valence-electron chi connectivity index (χ1n) is 9.46. The minimum atomic E-state index is -0.717. The third-order valence-electron chi connectivity index (χ3n) is 4.68. The summed E-state index contributed by atoms with van der Waals surface area (Å²) in [7, 11) is 0. The molecule has 2 aromatic rings. The molecule has 142 valence electrons. The molecule has 0 bridgehead atoms. The molecule has 0 saturated carbocycles. The van der Waals surface area contributed by atoms with Gasteiger partial charge in [-0.1, -0.05) is 45.0 Å². The lowest BCUT2D eigenvalue weighted by molar-refractivity contribution is -0.127. The summed E-state index contributed by atoms with van der Waals surface area (Å²) in [4.78, 5) is 27.2. The van der Waals surface area contributed by atoms with E-state index in [2.05, 4.69) is 19.2 Å². The van der Waals surface area contributed by atoms with E-state index in [9.17, 15) is 9.59 Å². The van der Waals surface area contributed by atoms with Crippen molar-refractivity contribution < 1.29 is 14.3 Å². The average molecular weight is 366 g/mol. The van der Waals surface area contributed by atoms with Crippen LogP contribution in [0.15, 0.2) is 48.5 Å². The average Bonchev–Trinajstić information content (AvgIpc) is 2.70. The SMILES string of the molecule is CCCNC(=O)[C@@H]1CN(C(=O)c2ccc(C(C)C)cc2)c2ccccc2O1. The maximum atomic E-state index is 13.2. The fourth-order valence-electron chi connectivity index (χ4n) is 3.09. The highest BCUT2D eigenvalue weighted by Gasteiger charge is 2.34. The number of fused-ring (bicyclic) bond motifs is 1. The van der Waals surface area contributed by atoms with E-state index in [1.54, 1.807) is 11.0 Å². The van der Waals surface area contributed by atoms with Crippen LogP contribution in [-0.2, 0) is 4.79 Å². The third-order valence-corrected chi connectivity index (χ3v) is 4.68. The van der Waals surface area contributed by atoms with Crippen LogP contribution in [0.4, 0.5) is 5.69 Å². The lowest BCUT2D eigenvalue weighted by Crippen LogP contribution is -2.50. The quantitative estimate of drug-likeness (QED) is 0.877. The maximum absolute atomic E-state index is 13.2. The second-order valence-corrected chi connectivity index (χ2v) is 7.06. The normalized spacial score (nSPS) is 15.9. The Balaban J connectivity index is 1.87. The molecule has 0 unspecified atom stereocenters. The fourth-order valence-corrected chi connectivity index (χ4v) is 3.09. The maximum Gasteiger partial charge on any atom is 0.262 e. The van der Waals surface area contributed by atoms with E-state index in [1.165, 1.54) is 5.56 Å². The van der Waals surface area contributed by atoms with Crippen LogP contribution >= 0.6 is 0 Å². The minimum absolute atomic E-state index is 0.130. The summed E-state index contributed by atoms with van der Waals surface area (Å²) in [5, 5.41) is 2.85. The molecule has 1 atom stereocenters. The van der Waals surface area contributed by atoms with Crippen LogP contribution in [0.2, 0.25) is 0 Å². The summed E-state index contributed by atoms with van der Waals surface area (Å²) in [6, 6.07) is 15.0. The van der Waals surface area contributed by atoms with Crippen molar-refractivity contribution in [2.45, 2.75) is 39.2 Å². The molecule has 0 spiro atoms. The van der Waals surface area contributed by atoms with Gasteiger partial charge >= 0.3 is 0 Å². The molecule has 3 rings (SSSR count). The van der Waals surface area contributed by atoms with Crippen molar-refractivity contribution in [2.75, 3.05) is 18.0 Å². The zero-order chi connectivity index (χ0) is 19.4. The van der Waals surface area contributed by atoms with Crippen LogP contribution < -0.4 is 15.0 Å². The van der Waals surface area contributed by atoms with E-state index in [4.69, 9.17) is 4.74 Å². The van der Waals surface area contributed by atoms with E-state index in [1.807, 2.05) is 49.4 Å². The molecule has 1 aliphatic heterocycles. The van der Waals surface area contributed by atoms with E-state index in [0.717, 1.165) is 6.42 Å². The highest BCUT2D eigenvalue weighted by atomic mass is 16.5. The van der Waals surface area contributed by atoms with Gasteiger partial charge in [-0.15, -0.1) is 0 Å². The van der Waals surface area contributed by atoms with Crippen molar-refractivity contribution in [3.8, 4) is 5.75 Å². The summed E-state index contributed by atoms with van der Waals surface area (Å²) in [5.41, 5.74) is 2.48. The second-order valence-electron chi connectivity index (χ2n) is 7.06. The Hall–Kier alpha value is -2.82. The number of para-hydroxylation sites is 2. The molecule has 5 nitrogen and oxygen atoms in total. The van der Waals surface area contributed by atoms with Crippen LogP contribution in [0.5, 0.6) is 5.75 Å². The summed E-state index contributed by atoms with van der Waals surface area (Å²) in [6.45, 7) is 7.01. The standard InChI is InChI=1S/C22H26N2O3/c1-4-13-23-21(25)20-14-24(18-7-5-6-8-19(18)27-20)22(26)17-11-9-16(10-12-17)15(2)3/h5-12,15,20H,4,13-14H2,1-3H3,(H,23,25)/t20-/m0/s1. The van der Waals surface area contributed by atoms with Crippen molar-refractivity contribution in [2.24, 2.45) is 0 Å². The molecule has 1 N–H and O–H groups in total. The Labute approximate surface area is 160 Å². The van der Waals surface area contributed by atoms with Crippen LogP contribution in [0.25, 0.3) is 0 Å². The first-order valence-corrected chi connectivity index (χ1v) is 9.46. The lowest BCUT2D eigenvalue weighted by Gasteiger charge is -2.34. The molecule has 2 amide bonds. The molecule has 2 aromatic carbocycles. The smallest absolute Gasteiger partial charge is 0.262 e. The predicted molar refractivity (Wildman–Crippen MR) is 106 cm³/mol. The Morgan fingerprint density at radius 3 is 2.52 bits per heavy atom. The second kappa shape index (κ2) is 8.25. The van der Waals surface area contributed by atoms with Gasteiger partial charge in [0.1, 0.15) is 5.75 Å². The van der Waals surface area contributed by atoms with E-state index in [-0.39, 0.29) is 18.4 Å². The van der Waals surface area contributed by atoms with Crippen LogP contribution in [-0.4, -0.2) is 31.0 Å². The number of carbonyl (C=O) groups excluding carboxylic acids is 2.